The van der Waals surface area contributed by atoms with Gasteiger partial charge < -0.3 is 9.47 Å². The number of carbonyl (C=O) groups is 1. The van der Waals surface area contributed by atoms with E-state index in [1.165, 1.54) is 0 Å². The lowest BCUT2D eigenvalue weighted by molar-refractivity contribution is 0.0636. The molecule has 0 saturated carbocycles. The van der Waals surface area contributed by atoms with Crippen LogP contribution in [0.4, 0.5) is 10.5 Å². The number of ether oxygens (including phenoxy) is 2. The third-order valence-electron chi connectivity index (χ3n) is 2.18. The number of nitrogens with one attached hydrogen (secondary N) is 1. The van der Waals surface area contributed by atoms with Crippen molar-refractivity contribution in [3.05, 3.63) is 23.8 Å². The summed E-state index contributed by atoms with van der Waals surface area (Å²) in [6.45, 7) is 11.4. The molecule has 0 aliphatic carbocycles. The van der Waals surface area contributed by atoms with Crippen LogP contribution in [0.1, 0.15) is 40.2 Å². The third kappa shape index (κ3) is 5.64. The first kappa shape index (κ1) is 15.3. The summed E-state index contributed by atoms with van der Waals surface area (Å²) in [5.41, 5.74) is 1.17. The Morgan fingerprint density at radius 2 is 1.89 bits per heavy atom. The van der Waals surface area contributed by atoms with Crippen LogP contribution in [-0.2, 0) is 4.74 Å². The standard InChI is InChI=1S/C15H23NO3/c1-10(2)18-13-8-7-12(9-11(13)3)16-14(17)19-15(4,5)6/h7-10H,1-6H3,(H,16,17). The number of carbonyl (C=O) groups excluding carboxylic acids is 1. The highest BCUT2D eigenvalue weighted by molar-refractivity contribution is 5.85. The SMILES string of the molecule is Cc1cc(NC(=O)OC(C)(C)C)ccc1OC(C)C. The van der Waals surface area contributed by atoms with Crippen LogP contribution in [-0.4, -0.2) is 17.8 Å². The van der Waals surface area contributed by atoms with Crippen LogP contribution < -0.4 is 10.1 Å². The summed E-state index contributed by atoms with van der Waals surface area (Å²) in [5.74, 6) is 0.824. The number of benzene rings is 1. The molecule has 0 fully saturated rings. The Hall–Kier alpha value is -1.71. The number of hydrogen-bond donors (Lipinski definition) is 1. The average molecular weight is 265 g/mol. The molecule has 1 aromatic rings. The summed E-state index contributed by atoms with van der Waals surface area (Å²) >= 11 is 0. The fourth-order valence-electron chi connectivity index (χ4n) is 1.53. The van der Waals surface area contributed by atoms with E-state index < -0.39 is 11.7 Å². The number of rotatable bonds is 3. The van der Waals surface area contributed by atoms with E-state index in [9.17, 15) is 4.79 Å². The predicted molar refractivity (Wildman–Crippen MR) is 76.8 cm³/mol. The second kappa shape index (κ2) is 5.95. The largest absolute Gasteiger partial charge is 0.491 e. The van der Waals surface area contributed by atoms with E-state index >= 15 is 0 Å². The smallest absolute Gasteiger partial charge is 0.412 e. The van der Waals surface area contributed by atoms with Crippen molar-refractivity contribution in [3.8, 4) is 5.75 Å². The van der Waals surface area contributed by atoms with Crippen LogP contribution in [0.3, 0.4) is 0 Å². The maximum Gasteiger partial charge on any atom is 0.412 e. The van der Waals surface area contributed by atoms with Gasteiger partial charge in [-0.15, -0.1) is 0 Å². The van der Waals surface area contributed by atoms with Crippen molar-refractivity contribution in [3.63, 3.8) is 0 Å². The lowest BCUT2D eigenvalue weighted by atomic mass is 10.2. The molecule has 0 atom stereocenters. The highest BCUT2D eigenvalue weighted by Crippen LogP contribution is 2.23. The monoisotopic (exact) mass is 265 g/mol. The van der Waals surface area contributed by atoms with Crippen molar-refractivity contribution in [1.29, 1.82) is 0 Å². The highest BCUT2D eigenvalue weighted by atomic mass is 16.6. The maximum absolute atomic E-state index is 11.6. The molecular formula is C15H23NO3. The molecule has 0 aliphatic heterocycles. The van der Waals surface area contributed by atoms with Gasteiger partial charge in [0.15, 0.2) is 0 Å². The maximum atomic E-state index is 11.6. The van der Waals surface area contributed by atoms with Crippen LogP contribution >= 0.6 is 0 Å². The van der Waals surface area contributed by atoms with Crippen molar-refractivity contribution in [1.82, 2.24) is 0 Å². The van der Waals surface area contributed by atoms with E-state index in [1.807, 2.05) is 53.7 Å². The summed E-state index contributed by atoms with van der Waals surface area (Å²) in [4.78, 5) is 11.6. The summed E-state index contributed by atoms with van der Waals surface area (Å²) in [6, 6.07) is 5.51. The minimum Gasteiger partial charge on any atom is -0.491 e. The second-order valence-electron chi connectivity index (χ2n) is 5.77. The van der Waals surface area contributed by atoms with E-state index in [4.69, 9.17) is 9.47 Å². The number of amides is 1. The van der Waals surface area contributed by atoms with Gasteiger partial charge in [0.25, 0.3) is 0 Å². The summed E-state index contributed by atoms with van der Waals surface area (Å²) in [6.07, 6.45) is -0.326. The molecule has 4 heteroatoms. The quantitative estimate of drug-likeness (QED) is 0.893. The van der Waals surface area contributed by atoms with Gasteiger partial charge in [-0.2, -0.15) is 0 Å². The Bertz CT molecular complexity index is 447. The van der Waals surface area contributed by atoms with Gasteiger partial charge in [-0.05, 0) is 65.3 Å². The molecule has 0 heterocycles. The lowest BCUT2D eigenvalue weighted by Crippen LogP contribution is -2.27. The van der Waals surface area contributed by atoms with Gasteiger partial charge in [-0.1, -0.05) is 0 Å². The normalized spacial score (nSPS) is 11.3. The van der Waals surface area contributed by atoms with Crippen LogP contribution in [0.15, 0.2) is 18.2 Å². The van der Waals surface area contributed by atoms with Gasteiger partial charge in [-0.3, -0.25) is 5.32 Å². The molecule has 0 aliphatic rings. The van der Waals surface area contributed by atoms with Crippen molar-refractivity contribution in [2.75, 3.05) is 5.32 Å². The van der Waals surface area contributed by atoms with E-state index in [0.29, 0.717) is 5.69 Å². The molecule has 1 amide bonds. The summed E-state index contributed by atoms with van der Waals surface area (Å²) < 4.78 is 10.8. The Kier molecular flexibility index (Phi) is 4.81. The minimum absolute atomic E-state index is 0.128. The molecule has 4 nitrogen and oxygen atoms in total. The molecule has 1 rings (SSSR count). The third-order valence-corrected chi connectivity index (χ3v) is 2.18. The molecule has 106 valence electrons. The zero-order chi connectivity index (χ0) is 14.6. The molecule has 0 bridgehead atoms. The highest BCUT2D eigenvalue weighted by Gasteiger charge is 2.16. The molecule has 0 unspecified atom stereocenters. The Labute approximate surface area is 115 Å². The Morgan fingerprint density at radius 3 is 2.37 bits per heavy atom. The van der Waals surface area contributed by atoms with Gasteiger partial charge in [0, 0.05) is 5.69 Å². The van der Waals surface area contributed by atoms with E-state index in [2.05, 4.69) is 5.32 Å². The topological polar surface area (TPSA) is 47.6 Å². The van der Waals surface area contributed by atoms with E-state index in [-0.39, 0.29) is 6.10 Å². The lowest BCUT2D eigenvalue weighted by Gasteiger charge is -2.20. The van der Waals surface area contributed by atoms with Crippen molar-refractivity contribution in [2.45, 2.75) is 53.2 Å². The van der Waals surface area contributed by atoms with Crippen LogP contribution in [0.5, 0.6) is 5.75 Å². The molecule has 0 spiro atoms. The zero-order valence-electron chi connectivity index (χ0n) is 12.5. The van der Waals surface area contributed by atoms with Crippen LogP contribution in [0, 0.1) is 6.92 Å². The predicted octanol–water partition coefficient (Wildman–Crippen LogP) is 4.13. The number of anilines is 1. The van der Waals surface area contributed by atoms with Crippen LogP contribution in [0.25, 0.3) is 0 Å². The van der Waals surface area contributed by atoms with Crippen LogP contribution in [0.2, 0.25) is 0 Å². The second-order valence-corrected chi connectivity index (χ2v) is 5.77. The van der Waals surface area contributed by atoms with E-state index in [0.717, 1.165) is 11.3 Å². The Morgan fingerprint density at radius 1 is 1.26 bits per heavy atom. The first-order valence-corrected chi connectivity index (χ1v) is 6.44. The number of aryl methyl sites for hydroxylation is 1. The molecular weight excluding hydrogens is 242 g/mol. The average Bonchev–Trinajstić information content (AvgIpc) is 2.18. The Balaban J connectivity index is 2.71. The van der Waals surface area contributed by atoms with Gasteiger partial charge in [-0.25, -0.2) is 4.79 Å². The van der Waals surface area contributed by atoms with E-state index in [1.54, 1.807) is 6.07 Å². The number of hydrogen-bond acceptors (Lipinski definition) is 3. The molecule has 0 aromatic heterocycles. The summed E-state index contributed by atoms with van der Waals surface area (Å²) in [7, 11) is 0. The molecule has 0 saturated heterocycles. The first-order valence-electron chi connectivity index (χ1n) is 6.44. The van der Waals surface area contributed by atoms with Crippen molar-refractivity contribution in [2.24, 2.45) is 0 Å². The van der Waals surface area contributed by atoms with Gasteiger partial charge in [0.1, 0.15) is 11.4 Å². The van der Waals surface area contributed by atoms with Gasteiger partial charge in [0.05, 0.1) is 6.10 Å². The zero-order valence-corrected chi connectivity index (χ0v) is 12.5. The molecule has 1 N–H and O–H groups in total. The van der Waals surface area contributed by atoms with Gasteiger partial charge >= 0.3 is 6.09 Å². The van der Waals surface area contributed by atoms with Crippen molar-refractivity contribution < 1.29 is 14.3 Å². The molecule has 19 heavy (non-hydrogen) atoms. The van der Waals surface area contributed by atoms with Gasteiger partial charge in [0.2, 0.25) is 0 Å². The fraction of sp³-hybridized carbons (Fsp3) is 0.533. The molecule has 1 aromatic carbocycles. The fourth-order valence-corrected chi connectivity index (χ4v) is 1.53. The minimum atomic E-state index is -0.500. The summed E-state index contributed by atoms with van der Waals surface area (Å²) in [5, 5.41) is 2.70. The van der Waals surface area contributed by atoms with Crippen molar-refractivity contribution >= 4 is 11.8 Å². The molecule has 0 radical (unpaired) electrons. The first-order chi connectivity index (χ1) is 8.67.